The lowest BCUT2D eigenvalue weighted by molar-refractivity contribution is -0.123. The van der Waals surface area contributed by atoms with Crippen LogP contribution >= 0.6 is 0 Å². The number of amides is 2. The summed E-state index contributed by atoms with van der Waals surface area (Å²) in [5, 5.41) is 0. The lowest BCUT2D eigenvalue weighted by atomic mass is 9.94. The molecule has 0 bridgehead atoms. The summed E-state index contributed by atoms with van der Waals surface area (Å²) in [6.45, 7) is 3.60. The van der Waals surface area contributed by atoms with Crippen LogP contribution in [0.2, 0.25) is 0 Å². The van der Waals surface area contributed by atoms with Crippen molar-refractivity contribution in [2.45, 2.75) is 50.3 Å². The molecule has 0 radical (unpaired) electrons. The third kappa shape index (κ3) is 4.14. The molecule has 0 N–H and O–H groups in total. The van der Waals surface area contributed by atoms with Gasteiger partial charge in [-0.3, -0.25) is 9.59 Å². The molecule has 2 amide bonds. The first-order chi connectivity index (χ1) is 16.4. The van der Waals surface area contributed by atoms with E-state index < -0.39 is 10.0 Å². The fourth-order valence-electron chi connectivity index (χ4n) is 5.54. The highest BCUT2D eigenvalue weighted by molar-refractivity contribution is 7.89. The highest BCUT2D eigenvalue weighted by atomic mass is 32.2. The topological polar surface area (TPSA) is 78.0 Å². The van der Waals surface area contributed by atoms with E-state index in [-0.39, 0.29) is 22.6 Å². The van der Waals surface area contributed by atoms with Crippen molar-refractivity contribution in [2.75, 3.05) is 36.0 Å². The van der Waals surface area contributed by atoms with Crippen LogP contribution in [-0.2, 0) is 32.5 Å². The van der Waals surface area contributed by atoms with Crippen molar-refractivity contribution < 1.29 is 18.0 Å². The van der Waals surface area contributed by atoms with Crippen molar-refractivity contribution >= 4 is 33.2 Å². The minimum absolute atomic E-state index is 0.0281. The van der Waals surface area contributed by atoms with Gasteiger partial charge in [-0.2, -0.15) is 4.31 Å². The number of hydrogen-bond donors (Lipinski definition) is 0. The molecule has 3 aliphatic heterocycles. The number of rotatable bonds is 3. The maximum absolute atomic E-state index is 13.4. The van der Waals surface area contributed by atoms with Gasteiger partial charge in [0.1, 0.15) is 0 Å². The second-order valence-corrected chi connectivity index (χ2v) is 11.4. The number of carbonyl (C=O) groups excluding carboxylic acids is 2. The van der Waals surface area contributed by atoms with Crippen molar-refractivity contribution in [1.82, 2.24) is 4.31 Å². The SMILES string of the molecule is CC(=O)N1CCCc2cc(S(=O)(=O)N3CCC(C(=O)N4CCCc5ccccc54)CC3)ccc21. The number of para-hydroxylation sites is 1. The van der Waals surface area contributed by atoms with Crippen molar-refractivity contribution in [1.29, 1.82) is 0 Å². The molecule has 34 heavy (non-hydrogen) atoms. The zero-order valence-corrected chi connectivity index (χ0v) is 20.4. The summed E-state index contributed by atoms with van der Waals surface area (Å²) >= 11 is 0. The molecule has 0 spiro atoms. The standard InChI is InChI=1S/C26H31N3O4S/c1-19(30)28-14-5-8-22-18-23(10-11-25(22)28)34(32,33)27-16-12-21(13-17-27)26(31)29-15-4-7-20-6-2-3-9-24(20)29/h2-3,6,9-11,18,21H,4-5,7-8,12-17H2,1H3. The summed E-state index contributed by atoms with van der Waals surface area (Å²) in [6, 6.07) is 13.2. The predicted molar refractivity (Wildman–Crippen MR) is 131 cm³/mol. The van der Waals surface area contributed by atoms with Gasteiger partial charge in [0.05, 0.1) is 4.90 Å². The number of benzene rings is 2. The fourth-order valence-corrected chi connectivity index (χ4v) is 7.06. The molecule has 2 aromatic rings. The normalized spacial score (nSPS) is 19.4. The van der Waals surface area contributed by atoms with Crippen LogP contribution in [-0.4, -0.2) is 50.7 Å². The van der Waals surface area contributed by atoms with Gasteiger partial charge in [0.15, 0.2) is 0 Å². The number of hydrogen-bond acceptors (Lipinski definition) is 4. The van der Waals surface area contributed by atoms with Crippen LogP contribution in [0.5, 0.6) is 0 Å². The third-order valence-electron chi connectivity index (χ3n) is 7.37. The van der Waals surface area contributed by atoms with E-state index in [0.29, 0.717) is 32.5 Å². The first kappa shape index (κ1) is 23.1. The van der Waals surface area contributed by atoms with Gasteiger partial charge in [-0.15, -0.1) is 0 Å². The smallest absolute Gasteiger partial charge is 0.243 e. The monoisotopic (exact) mass is 481 g/mol. The van der Waals surface area contributed by atoms with Crippen LogP contribution in [0.1, 0.15) is 43.7 Å². The van der Waals surface area contributed by atoms with Crippen molar-refractivity contribution in [3.8, 4) is 0 Å². The summed E-state index contributed by atoms with van der Waals surface area (Å²) in [5.41, 5.74) is 3.92. The minimum atomic E-state index is -3.65. The van der Waals surface area contributed by atoms with Crippen LogP contribution in [0.15, 0.2) is 47.4 Å². The Hall–Kier alpha value is -2.71. The molecule has 2 aromatic carbocycles. The molecule has 5 rings (SSSR count). The quantitative estimate of drug-likeness (QED) is 0.674. The van der Waals surface area contributed by atoms with E-state index in [2.05, 4.69) is 6.07 Å². The van der Waals surface area contributed by atoms with Crippen LogP contribution in [0.25, 0.3) is 0 Å². The number of sulfonamides is 1. The Morgan fingerprint density at radius 2 is 1.47 bits per heavy atom. The Morgan fingerprint density at radius 3 is 2.21 bits per heavy atom. The number of anilines is 2. The Labute approximate surface area is 201 Å². The zero-order chi connectivity index (χ0) is 23.9. The van der Waals surface area contributed by atoms with E-state index in [1.807, 2.05) is 23.1 Å². The van der Waals surface area contributed by atoms with E-state index in [4.69, 9.17) is 0 Å². The van der Waals surface area contributed by atoms with Crippen LogP contribution in [0.4, 0.5) is 11.4 Å². The van der Waals surface area contributed by atoms with E-state index in [9.17, 15) is 18.0 Å². The van der Waals surface area contributed by atoms with Gasteiger partial charge < -0.3 is 9.80 Å². The lowest BCUT2D eigenvalue weighted by Crippen LogP contribution is -2.45. The molecule has 0 atom stereocenters. The van der Waals surface area contributed by atoms with Crippen molar-refractivity contribution in [3.63, 3.8) is 0 Å². The molecule has 0 aromatic heterocycles. The van der Waals surface area contributed by atoms with Gasteiger partial charge in [-0.1, -0.05) is 18.2 Å². The van der Waals surface area contributed by atoms with Crippen molar-refractivity contribution in [2.24, 2.45) is 5.92 Å². The largest absolute Gasteiger partial charge is 0.312 e. The summed E-state index contributed by atoms with van der Waals surface area (Å²) in [4.78, 5) is 29.1. The van der Waals surface area contributed by atoms with E-state index in [1.165, 1.54) is 16.8 Å². The van der Waals surface area contributed by atoms with Gasteiger partial charge in [0.25, 0.3) is 0 Å². The van der Waals surface area contributed by atoms with Gasteiger partial charge in [-0.05, 0) is 73.9 Å². The molecule has 8 heteroatoms. The Bertz CT molecular complexity index is 1220. The number of aryl methyl sites for hydroxylation is 2. The summed E-state index contributed by atoms with van der Waals surface area (Å²) < 4.78 is 28.3. The molecule has 0 aliphatic carbocycles. The maximum Gasteiger partial charge on any atom is 0.243 e. The van der Waals surface area contributed by atoms with E-state index in [0.717, 1.165) is 49.2 Å². The zero-order valence-electron chi connectivity index (χ0n) is 19.6. The van der Waals surface area contributed by atoms with Crippen LogP contribution in [0.3, 0.4) is 0 Å². The van der Waals surface area contributed by atoms with Gasteiger partial charge in [0.2, 0.25) is 21.8 Å². The molecule has 1 fully saturated rings. The minimum Gasteiger partial charge on any atom is -0.312 e. The molecule has 0 saturated carbocycles. The predicted octanol–water partition coefficient (Wildman–Crippen LogP) is 3.37. The average Bonchev–Trinajstić information content (AvgIpc) is 2.87. The van der Waals surface area contributed by atoms with Gasteiger partial charge >= 0.3 is 0 Å². The second-order valence-electron chi connectivity index (χ2n) is 9.47. The Kier molecular flexibility index (Phi) is 6.20. The summed E-state index contributed by atoms with van der Waals surface area (Å²) in [7, 11) is -3.65. The van der Waals surface area contributed by atoms with Crippen molar-refractivity contribution in [3.05, 3.63) is 53.6 Å². The van der Waals surface area contributed by atoms with Crippen LogP contribution < -0.4 is 9.80 Å². The lowest BCUT2D eigenvalue weighted by Gasteiger charge is -2.36. The highest BCUT2D eigenvalue weighted by Gasteiger charge is 2.35. The van der Waals surface area contributed by atoms with Crippen LogP contribution in [0, 0.1) is 5.92 Å². The average molecular weight is 482 g/mol. The molecule has 3 heterocycles. The van der Waals surface area contributed by atoms with E-state index in [1.54, 1.807) is 23.1 Å². The number of nitrogens with zero attached hydrogens (tertiary/aromatic N) is 3. The molecule has 7 nitrogen and oxygen atoms in total. The maximum atomic E-state index is 13.4. The number of piperidine rings is 1. The van der Waals surface area contributed by atoms with Gasteiger partial charge in [-0.25, -0.2) is 8.42 Å². The second kappa shape index (κ2) is 9.15. The first-order valence-electron chi connectivity index (χ1n) is 12.2. The number of carbonyl (C=O) groups is 2. The highest BCUT2D eigenvalue weighted by Crippen LogP contribution is 2.33. The Morgan fingerprint density at radius 1 is 0.824 bits per heavy atom. The Balaban J connectivity index is 1.29. The van der Waals surface area contributed by atoms with Gasteiger partial charge in [0, 0.05) is 50.4 Å². The molecule has 180 valence electrons. The summed E-state index contributed by atoms with van der Waals surface area (Å²) in [6.07, 6.45) is 4.58. The summed E-state index contributed by atoms with van der Waals surface area (Å²) in [5.74, 6) is -0.0767. The fraction of sp³-hybridized carbons (Fsp3) is 0.462. The first-order valence-corrected chi connectivity index (χ1v) is 13.6. The molecular formula is C26H31N3O4S. The molecule has 3 aliphatic rings. The molecule has 1 saturated heterocycles. The molecular weight excluding hydrogens is 450 g/mol. The molecule has 0 unspecified atom stereocenters. The number of fused-ring (bicyclic) bond motifs is 2. The third-order valence-corrected chi connectivity index (χ3v) is 9.26. The van der Waals surface area contributed by atoms with E-state index >= 15 is 0 Å².